The Kier molecular flexibility index (Phi) is 4.13. The summed E-state index contributed by atoms with van der Waals surface area (Å²) in [5.74, 6) is -0.334. The summed E-state index contributed by atoms with van der Waals surface area (Å²) in [6, 6.07) is 5.95. The predicted molar refractivity (Wildman–Crippen MR) is 70.8 cm³/mol. The van der Waals surface area contributed by atoms with Gasteiger partial charge >= 0.3 is 0 Å². The molecular formula is C12H14ClNO4S. The molecule has 0 N–H and O–H groups in total. The molecule has 1 saturated heterocycles. The van der Waals surface area contributed by atoms with Crippen molar-refractivity contribution in [2.45, 2.75) is 17.4 Å². The molecule has 1 fully saturated rings. The Morgan fingerprint density at radius 2 is 2.11 bits per heavy atom. The Labute approximate surface area is 116 Å². The van der Waals surface area contributed by atoms with E-state index in [1.807, 2.05) is 0 Å². The summed E-state index contributed by atoms with van der Waals surface area (Å²) in [7, 11) is 3.01. The highest BCUT2D eigenvalue weighted by molar-refractivity contribution is 8.13. The van der Waals surface area contributed by atoms with Crippen LogP contribution in [0.2, 0.25) is 0 Å². The quantitative estimate of drug-likeness (QED) is 0.793. The van der Waals surface area contributed by atoms with Crippen molar-refractivity contribution in [3.63, 3.8) is 0 Å². The Balaban J connectivity index is 2.30. The van der Waals surface area contributed by atoms with Gasteiger partial charge in [0.1, 0.15) is 0 Å². The average molecular weight is 304 g/mol. The second kappa shape index (κ2) is 5.48. The van der Waals surface area contributed by atoms with Crippen LogP contribution in [0.4, 0.5) is 0 Å². The van der Waals surface area contributed by atoms with Crippen molar-refractivity contribution in [3.05, 3.63) is 29.8 Å². The van der Waals surface area contributed by atoms with Gasteiger partial charge in [-0.2, -0.15) is 0 Å². The lowest BCUT2D eigenvalue weighted by Gasteiger charge is -2.17. The molecule has 0 saturated carbocycles. The summed E-state index contributed by atoms with van der Waals surface area (Å²) >= 11 is 0. The molecule has 1 aliphatic rings. The van der Waals surface area contributed by atoms with Crippen LogP contribution >= 0.6 is 10.7 Å². The van der Waals surface area contributed by atoms with E-state index in [0.29, 0.717) is 13.1 Å². The number of rotatable bonds is 3. The average Bonchev–Trinajstić information content (AvgIpc) is 2.85. The Morgan fingerprint density at radius 3 is 2.68 bits per heavy atom. The van der Waals surface area contributed by atoms with Crippen molar-refractivity contribution in [2.24, 2.45) is 0 Å². The first kappa shape index (κ1) is 14.3. The summed E-state index contributed by atoms with van der Waals surface area (Å²) in [4.78, 5) is 13.8. The van der Waals surface area contributed by atoms with Gasteiger partial charge in [0, 0.05) is 30.9 Å². The fourth-order valence-electron chi connectivity index (χ4n) is 2.13. The van der Waals surface area contributed by atoms with Crippen molar-refractivity contribution >= 4 is 25.6 Å². The van der Waals surface area contributed by atoms with Crippen LogP contribution < -0.4 is 0 Å². The van der Waals surface area contributed by atoms with E-state index in [0.717, 1.165) is 6.42 Å². The number of hydrogen-bond donors (Lipinski definition) is 0. The van der Waals surface area contributed by atoms with E-state index in [1.165, 1.54) is 18.2 Å². The molecule has 0 aromatic heterocycles. The first-order valence-corrected chi connectivity index (χ1v) is 8.10. The molecule has 1 aliphatic heterocycles. The number of amides is 1. The topological polar surface area (TPSA) is 63.7 Å². The molecule has 19 heavy (non-hydrogen) atoms. The minimum atomic E-state index is -3.93. The molecule has 0 radical (unpaired) electrons. The predicted octanol–water partition coefficient (Wildman–Crippen LogP) is 1.48. The number of hydrogen-bond acceptors (Lipinski definition) is 4. The maximum atomic E-state index is 12.3. The van der Waals surface area contributed by atoms with Gasteiger partial charge in [-0.25, -0.2) is 8.42 Å². The molecule has 0 aliphatic carbocycles. The summed E-state index contributed by atoms with van der Waals surface area (Å²) in [6.45, 7) is 1.01. The van der Waals surface area contributed by atoms with E-state index in [2.05, 4.69) is 0 Å². The molecule has 5 nitrogen and oxygen atoms in total. The Morgan fingerprint density at radius 1 is 1.42 bits per heavy atom. The van der Waals surface area contributed by atoms with Crippen LogP contribution in [0.3, 0.4) is 0 Å². The number of carbonyl (C=O) groups is 1. The highest BCUT2D eigenvalue weighted by Gasteiger charge is 2.29. The van der Waals surface area contributed by atoms with E-state index in [-0.39, 0.29) is 22.5 Å². The van der Waals surface area contributed by atoms with Crippen LogP contribution in [0.15, 0.2) is 29.2 Å². The summed E-state index contributed by atoms with van der Waals surface area (Å²) in [5, 5.41) is 0. The SMILES string of the molecule is COC1CCN(C(=O)c2ccccc2S(=O)(=O)Cl)C1. The number of ether oxygens (including phenoxy) is 1. The van der Waals surface area contributed by atoms with E-state index in [1.54, 1.807) is 18.1 Å². The third kappa shape index (κ3) is 3.08. The van der Waals surface area contributed by atoms with Crippen LogP contribution in [-0.2, 0) is 13.8 Å². The fourth-order valence-corrected chi connectivity index (χ4v) is 3.19. The molecule has 0 spiro atoms. The maximum Gasteiger partial charge on any atom is 0.262 e. The van der Waals surface area contributed by atoms with Gasteiger partial charge in [0.05, 0.1) is 16.6 Å². The van der Waals surface area contributed by atoms with E-state index in [4.69, 9.17) is 15.4 Å². The fraction of sp³-hybridized carbons (Fsp3) is 0.417. The number of methoxy groups -OCH3 is 1. The van der Waals surface area contributed by atoms with Crippen LogP contribution in [0, 0.1) is 0 Å². The van der Waals surface area contributed by atoms with Gasteiger partial charge in [0.25, 0.3) is 15.0 Å². The normalized spacial score (nSPS) is 19.7. The molecule has 1 aromatic rings. The van der Waals surface area contributed by atoms with Crippen molar-refractivity contribution in [1.29, 1.82) is 0 Å². The third-order valence-corrected chi connectivity index (χ3v) is 4.53. The monoisotopic (exact) mass is 303 g/mol. The molecule has 104 valence electrons. The van der Waals surface area contributed by atoms with Crippen LogP contribution in [0.5, 0.6) is 0 Å². The number of likely N-dealkylation sites (tertiary alicyclic amines) is 1. The molecule has 1 heterocycles. The lowest BCUT2D eigenvalue weighted by atomic mass is 10.2. The number of benzene rings is 1. The zero-order valence-corrected chi connectivity index (χ0v) is 11.9. The van der Waals surface area contributed by atoms with E-state index >= 15 is 0 Å². The number of nitrogens with zero attached hydrogens (tertiary/aromatic N) is 1. The lowest BCUT2D eigenvalue weighted by molar-refractivity contribution is 0.0721. The molecule has 1 atom stereocenters. The number of carbonyl (C=O) groups excluding carboxylic acids is 1. The summed E-state index contributed by atoms with van der Waals surface area (Å²) in [6.07, 6.45) is 0.751. The maximum absolute atomic E-state index is 12.3. The standard InChI is InChI=1S/C12H14ClNO4S/c1-18-9-6-7-14(8-9)12(15)10-4-2-3-5-11(10)19(13,16)17/h2-5,9H,6-8H2,1H3. The van der Waals surface area contributed by atoms with Crippen LogP contribution in [0.1, 0.15) is 16.8 Å². The number of halogens is 1. The van der Waals surface area contributed by atoms with Gasteiger partial charge in [-0.15, -0.1) is 0 Å². The minimum absolute atomic E-state index is 0.00345. The molecule has 1 unspecified atom stereocenters. The minimum Gasteiger partial charge on any atom is -0.380 e. The smallest absolute Gasteiger partial charge is 0.262 e. The summed E-state index contributed by atoms with van der Waals surface area (Å²) in [5.41, 5.74) is 0.106. The zero-order chi connectivity index (χ0) is 14.0. The van der Waals surface area contributed by atoms with Gasteiger partial charge in [-0.3, -0.25) is 4.79 Å². The Bertz CT molecular complexity index is 587. The molecule has 0 bridgehead atoms. The second-order valence-electron chi connectivity index (χ2n) is 4.33. The first-order chi connectivity index (χ1) is 8.93. The third-order valence-electron chi connectivity index (χ3n) is 3.15. The van der Waals surface area contributed by atoms with Gasteiger partial charge in [-0.05, 0) is 18.6 Å². The Hall–Kier alpha value is -1.11. The van der Waals surface area contributed by atoms with E-state index in [9.17, 15) is 13.2 Å². The van der Waals surface area contributed by atoms with Gasteiger partial charge < -0.3 is 9.64 Å². The molecule has 2 rings (SSSR count). The largest absolute Gasteiger partial charge is 0.380 e. The van der Waals surface area contributed by atoms with Crippen LogP contribution in [-0.4, -0.2) is 45.5 Å². The molecule has 7 heteroatoms. The van der Waals surface area contributed by atoms with E-state index < -0.39 is 9.05 Å². The van der Waals surface area contributed by atoms with Crippen molar-refractivity contribution < 1.29 is 17.9 Å². The highest BCUT2D eigenvalue weighted by atomic mass is 35.7. The van der Waals surface area contributed by atoms with Gasteiger partial charge in [0.15, 0.2) is 0 Å². The lowest BCUT2D eigenvalue weighted by Crippen LogP contribution is -2.30. The van der Waals surface area contributed by atoms with Crippen LogP contribution in [0.25, 0.3) is 0 Å². The van der Waals surface area contributed by atoms with Gasteiger partial charge in [-0.1, -0.05) is 12.1 Å². The van der Waals surface area contributed by atoms with Gasteiger partial charge in [0.2, 0.25) is 0 Å². The molecular weight excluding hydrogens is 290 g/mol. The molecule has 1 amide bonds. The van der Waals surface area contributed by atoms with Crippen molar-refractivity contribution in [1.82, 2.24) is 4.90 Å². The first-order valence-electron chi connectivity index (χ1n) is 5.79. The van der Waals surface area contributed by atoms with Crippen molar-refractivity contribution in [2.75, 3.05) is 20.2 Å². The zero-order valence-electron chi connectivity index (χ0n) is 10.4. The highest BCUT2D eigenvalue weighted by Crippen LogP contribution is 2.23. The summed E-state index contributed by atoms with van der Waals surface area (Å²) < 4.78 is 28.1. The second-order valence-corrected chi connectivity index (χ2v) is 6.87. The van der Waals surface area contributed by atoms with Crippen molar-refractivity contribution in [3.8, 4) is 0 Å². The molecule has 1 aromatic carbocycles.